The summed E-state index contributed by atoms with van der Waals surface area (Å²) in [5, 5.41) is 14.0. The molecule has 0 radical (unpaired) electrons. The van der Waals surface area contributed by atoms with Crippen LogP contribution in [0.4, 0.5) is 4.39 Å². The molecule has 0 saturated heterocycles. The number of amides is 1. The number of halogens is 1. The maximum Gasteiger partial charge on any atom is 0.305 e. The first-order chi connectivity index (χ1) is 12.5. The molecule has 1 aromatic heterocycles. The Balaban J connectivity index is 1.80. The summed E-state index contributed by atoms with van der Waals surface area (Å²) in [5.41, 5.74) is 1.48. The SMILES string of the molecule is O=C(O)CC(NC(=O)c1csc(-c2ccccc2)n1)c1cccc(F)c1. The third-order valence-corrected chi connectivity index (χ3v) is 4.58. The predicted molar refractivity (Wildman–Crippen MR) is 96.4 cm³/mol. The molecule has 3 aromatic rings. The van der Waals surface area contributed by atoms with Gasteiger partial charge in [0.1, 0.15) is 16.5 Å². The Labute approximate surface area is 153 Å². The van der Waals surface area contributed by atoms with E-state index in [4.69, 9.17) is 5.11 Å². The highest BCUT2D eigenvalue weighted by molar-refractivity contribution is 7.13. The van der Waals surface area contributed by atoms with Crippen molar-refractivity contribution in [2.45, 2.75) is 12.5 Å². The molecule has 5 nitrogen and oxygen atoms in total. The Bertz CT molecular complexity index is 927. The number of carboxylic acid groups (broad SMARTS) is 1. The average Bonchev–Trinajstić information content (AvgIpc) is 3.12. The zero-order chi connectivity index (χ0) is 18.5. The van der Waals surface area contributed by atoms with E-state index < -0.39 is 23.7 Å². The molecule has 0 fully saturated rings. The van der Waals surface area contributed by atoms with E-state index in [1.807, 2.05) is 30.3 Å². The number of benzene rings is 2. The summed E-state index contributed by atoms with van der Waals surface area (Å²) in [5.74, 6) is -2.09. The summed E-state index contributed by atoms with van der Waals surface area (Å²) in [4.78, 5) is 27.9. The number of rotatable bonds is 6. The molecule has 0 aliphatic heterocycles. The molecule has 0 saturated carbocycles. The Morgan fingerprint density at radius 3 is 2.62 bits per heavy atom. The van der Waals surface area contributed by atoms with Gasteiger partial charge in [-0.2, -0.15) is 0 Å². The Kier molecular flexibility index (Phi) is 5.38. The van der Waals surface area contributed by atoms with Crippen molar-refractivity contribution in [1.82, 2.24) is 10.3 Å². The summed E-state index contributed by atoms with van der Waals surface area (Å²) in [6.07, 6.45) is -0.356. The minimum Gasteiger partial charge on any atom is -0.481 e. The van der Waals surface area contributed by atoms with Gasteiger partial charge in [-0.05, 0) is 17.7 Å². The van der Waals surface area contributed by atoms with Crippen LogP contribution in [0.2, 0.25) is 0 Å². The molecular weight excluding hydrogens is 355 g/mol. The average molecular weight is 370 g/mol. The largest absolute Gasteiger partial charge is 0.481 e. The molecule has 1 amide bonds. The van der Waals surface area contributed by atoms with Crippen molar-refractivity contribution in [2.24, 2.45) is 0 Å². The standard InChI is InChI=1S/C19H15FN2O3S/c20-14-8-4-7-13(9-14)15(10-17(23)24)21-18(25)16-11-26-19(22-16)12-5-2-1-3-6-12/h1-9,11,15H,10H2,(H,21,25)(H,23,24). The molecule has 7 heteroatoms. The number of thiazole rings is 1. The maximum atomic E-state index is 13.4. The fourth-order valence-electron chi connectivity index (χ4n) is 2.47. The molecule has 26 heavy (non-hydrogen) atoms. The lowest BCUT2D eigenvalue weighted by molar-refractivity contribution is -0.137. The lowest BCUT2D eigenvalue weighted by atomic mass is 10.0. The van der Waals surface area contributed by atoms with Crippen LogP contribution in [0, 0.1) is 5.82 Å². The van der Waals surface area contributed by atoms with E-state index in [1.165, 1.54) is 29.5 Å². The monoisotopic (exact) mass is 370 g/mol. The van der Waals surface area contributed by atoms with E-state index in [1.54, 1.807) is 11.4 Å². The molecule has 0 bridgehead atoms. The second-order valence-corrected chi connectivity index (χ2v) is 6.44. The van der Waals surface area contributed by atoms with Gasteiger partial charge in [-0.1, -0.05) is 42.5 Å². The molecule has 1 unspecified atom stereocenters. The number of hydrogen-bond acceptors (Lipinski definition) is 4. The van der Waals surface area contributed by atoms with Crippen molar-refractivity contribution < 1.29 is 19.1 Å². The lowest BCUT2D eigenvalue weighted by Gasteiger charge is -2.16. The van der Waals surface area contributed by atoms with Gasteiger partial charge in [0.25, 0.3) is 5.91 Å². The molecule has 1 heterocycles. The fraction of sp³-hybridized carbons (Fsp3) is 0.105. The second-order valence-electron chi connectivity index (χ2n) is 5.58. The molecule has 2 N–H and O–H groups in total. The van der Waals surface area contributed by atoms with Gasteiger partial charge in [-0.15, -0.1) is 11.3 Å². The van der Waals surface area contributed by atoms with Crippen molar-refractivity contribution in [2.75, 3.05) is 0 Å². The van der Waals surface area contributed by atoms with Gasteiger partial charge in [0, 0.05) is 10.9 Å². The summed E-state index contributed by atoms with van der Waals surface area (Å²) in [6, 6.07) is 14.1. The van der Waals surface area contributed by atoms with Crippen molar-refractivity contribution in [3.05, 3.63) is 77.1 Å². The van der Waals surface area contributed by atoms with Gasteiger partial charge in [-0.3, -0.25) is 9.59 Å². The quantitative estimate of drug-likeness (QED) is 0.690. The van der Waals surface area contributed by atoms with Crippen LogP contribution >= 0.6 is 11.3 Å². The summed E-state index contributed by atoms with van der Waals surface area (Å²) < 4.78 is 13.4. The van der Waals surface area contributed by atoms with Crippen LogP contribution in [0.25, 0.3) is 10.6 Å². The number of aliphatic carboxylic acids is 1. The first-order valence-corrected chi connectivity index (χ1v) is 8.70. The lowest BCUT2D eigenvalue weighted by Crippen LogP contribution is -2.30. The molecule has 2 aromatic carbocycles. The van der Waals surface area contributed by atoms with Gasteiger partial charge in [-0.25, -0.2) is 9.37 Å². The Hall–Kier alpha value is -3.06. The highest BCUT2D eigenvalue weighted by atomic mass is 32.1. The number of nitrogens with one attached hydrogen (secondary N) is 1. The first kappa shape index (κ1) is 17.8. The van der Waals surface area contributed by atoms with Crippen LogP contribution in [0.1, 0.15) is 28.5 Å². The van der Waals surface area contributed by atoms with Gasteiger partial charge in [0.2, 0.25) is 0 Å². The van der Waals surface area contributed by atoms with Crippen LogP contribution in [-0.4, -0.2) is 22.0 Å². The van der Waals surface area contributed by atoms with Crippen molar-refractivity contribution in [1.29, 1.82) is 0 Å². The van der Waals surface area contributed by atoms with Gasteiger partial charge >= 0.3 is 5.97 Å². The van der Waals surface area contributed by atoms with E-state index in [0.29, 0.717) is 10.6 Å². The number of carbonyl (C=O) groups excluding carboxylic acids is 1. The van der Waals surface area contributed by atoms with E-state index in [2.05, 4.69) is 10.3 Å². The van der Waals surface area contributed by atoms with Gasteiger partial charge in [0.05, 0.1) is 12.5 Å². The number of hydrogen-bond donors (Lipinski definition) is 2. The molecular formula is C19H15FN2O3S. The highest BCUT2D eigenvalue weighted by Crippen LogP contribution is 2.24. The Morgan fingerprint density at radius 1 is 1.15 bits per heavy atom. The number of aromatic nitrogens is 1. The van der Waals surface area contributed by atoms with Crippen molar-refractivity contribution in [3.8, 4) is 10.6 Å². The molecule has 1 atom stereocenters. The number of carbonyl (C=O) groups is 2. The Morgan fingerprint density at radius 2 is 1.92 bits per heavy atom. The van der Waals surface area contributed by atoms with Gasteiger partial charge < -0.3 is 10.4 Å². The van der Waals surface area contributed by atoms with Crippen molar-refractivity contribution in [3.63, 3.8) is 0 Å². The van der Waals surface area contributed by atoms with Gasteiger partial charge in [0.15, 0.2) is 0 Å². The minimum absolute atomic E-state index is 0.195. The van der Waals surface area contributed by atoms with E-state index >= 15 is 0 Å². The smallest absolute Gasteiger partial charge is 0.305 e. The van der Waals surface area contributed by atoms with Crippen molar-refractivity contribution >= 4 is 23.2 Å². The fourth-order valence-corrected chi connectivity index (χ4v) is 3.28. The highest BCUT2D eigenvalue weighted by Gasteiger charge is 2.21. The van der Waals surface area contributed by atoms with Crippen LogP contribution in [-0.2, 0) is 4.79 Å². The third kappa shape index (κ3) is 4.31. The third-order valence-electron chi connectivity index (χ3n) is 3.69. The number of carboxylic acids is 1. The molecule has 0 spiro atoms. The maximum absolute atomic E-state index is 13.4. The number of nitrogens with zero attached hydrogens (tertiary/aromatic N) is 1. The zero-order valence-electron chi connectivity index (χ0n) is 13.6. The zero-order valence-corrected chi connectivity index (χ0v) is 14.4. The second kappa shape index (κ2) is 7.88. The van der Waals surface area contributed by atoms with E-state index in [-0.39, 0.29) is 12.1 Å². The van der Waals surface area contributed by atoms with Crippen LogP contribution in [0.5, 0.6) is 0 Å². The van der Waals surface area contributed by atoms with Crippen LogP contribution in [0.15, 0.2) is 60.0 Å². The molecule has 0 aliphatic carbocycles. The van der Waals surface area contributed by atoms with Crippen LogP contribution in [0.3, 0.4) is 0 Å². The van der Waals surface area contributed by atoms with E-state index in [9.17, 15) is 14.0 Å². The molecule has 0 aliphatic rings. The van der Waals surface area contributed by atoms with Crippen LogP contribution < -0.4 is 5.32 Å². The normalized spacial score (nSPS) is 11.7. The predicted octanol–water partition coefficient (Wildman–Crippen LogP) is 3.90. The summed E-state index contributed by atoms with van der Waals surface area (Å²) in [7, 11) is 0. The summed E-state index contributed by atoms with van der Waals surface area (Å²) in [6.45, 7) is 0. The minimum atomic E-state index is -1.09. The first-order valence-electron chi connectivity index (χ1n) is 7.82. The topological polar surface area (TPSA) is 79.3 Å². The molecule has 132 valence electrons. The summed E-state index contributed by atoms with van der Waals surface area (Å²) >= 11 is 1.32. The van der Waals surface area contributed by atoms with E-state index in [0.717, 1.165) is 5.56 Å². The molecule has 3 rings (SSSR count).